The van der Waals surface area contributed by atoms with Crippen molar-refractivity contribution in [3.8, 4) is 11.5 Å². The lowest BCUT2D eigenvalue weighted by Crippen LogP contribution is -2.48. The molecule has 0 unspecified atom stereocenters. The number of piperazine rings is 1. The van der Waals surface area contributed by atoms with Crippen LogP contribution in [0.2, 0.25) is 10.0 Å². The molecule has 174 valence electrons. The highest BCUT2D eigenvalue weighted by molar-refractivity contribution is 6.35. The minimum Gasteiger partial charge on any atom is -0.493 e. The number of hydrogen-bond donors (Lipinski definition) is 0. The van der Waals surface area contributed by atoms with E-state index in [1.165, 1.54) is 0 Å². The van der Waals surface area contributed by atoms with Gasteiger partial charge < -0.3 is 18.9 Å². The van der Waals surface area contributed by atoms with E-state index in [4.69, 9.17) is 37.2 Å². The fourth-order valence-electron chi connectivity index (χ4n) is 3.78. The smallest absolute Gasteiger partial charge is 0.276 e. The Balaban J connectivity index is 1.39. The van der Waals surface area contributed by atoms with Crippen molar-refractivity contribution in [2.75, 3.05) is 33.3 Å². The van der Waals surface area contributed by atoms with Crippen molar-refractivity contribution < 1.29 is 18.8 Å². The topological polar surface area (TPSA) is 68.0 Å². The lowest BCUT2D eigenvalue weighted by Gasteiger charge is -2.34. The molecule has 1 saturated heterocycles. The van der Waals surface area contributed by atoms with Gasteiger partial charge in [-0.05, 0) is 31.2 Å². The molecule has 0 saturated carbocycles. The molecule has 33 heavy (non-hydrogen) atoms. The van der Waals surface area contributed by atoms with Crippen molar-refractivity contribution in [3.63, 3.8) is 0 Å². The highest BCUT2D eigenvalue weighted by atomic mass is 35.5. The minimum absolute atomic E-state index is 0.155. The molecular formula is C24H25Cl2N3O4. The number of ether oxygens (including phenoxy) is 2. The maximum absolute atomic E-state index is 13.2. The maximum Gasteiger partial charge on any atom is 0.276 e. The Bertz CT molecular complexity index is 1110. The van der Waals surface area contributed by atoms with E-state index in [-0.39, 0.29) is 18.2 Å². The number of hydrogen-bond acceptors (Lipinski definition) is 6. The Labute approximate surface area is 202 Å². The number of methoxy groups -OCH3 is 1. The average molecular weight is 490 g/mol. The third-order valence-electron chi connectivity index (χ3n) is 5.73. The molecule has 1 aliphatic rings. The van der Waals surface area contributed by atoms with Gasteiger partial charge in [0.15, 0.2) is 17.2 Å². The standard InChI is InChI=1S/C24H25Cl2N3O4/c1-16-18(15-32-22-9-4-3-8-21(22)31-2)23(27-33-16)24(30)29-12-10-28(11-13-29)14-17-19(25)6-5-7-20(17)26/h3-9H,10-15H2,1-2H3. The van der Waals surface area contributed by atoms with Crippen LogP contribution in [0.5, 0.6) is 11.5 Å². The second kappa shape index (κ2) is 10.5. The number of aromatic nitrogens is 1. The van der Waals surface area contributed by atoms with E-state index in [2.05, 4.69) is 10.1 Å². The van der Waals surface area contributed by atoms with Crippen molar-refractivity contribution in [2.24, 2.45) is 0 Å². The van der Waals surface area contributed by atoms with Crippen molar-refractivity contribution in [1.29, 1.82) is 0 Å². The molecule has 0 N–H and O–H groups in total. The molecule has 1 amide bonds. The number of halogens is 2. The summed E-state index contributed by atoms with van der Waals surface area (Å²) in [7, 11) is 1.58. The number of amides is 1. The fourth-order valence-corrected chi connectivity index (χ4v) is 4.30. The third-order valence-corrected chi connectivity index (χ3v) is 6.44. The number of para-hydroxylation sites is 2. The molecule has 1 aromatic heterocycles. The predicted molar refractivity (Wildman–Crippen MR) is 126 cm³/mol. The Kier molecular flexibility index (Phi) is 7.42. The number of aryl methyl sites for hydroxylation is 1. The number of carbonyl (C=O) groups excluding carboxylic acids is 1. The Morgan fingerprint density at radius 2 is 1.67 bits per heavy atom. The van der Waals surface area contributed by atoms with Gasteiger partial charge in [-0.3, -0.25) is 9.69 Å². The summed E-state index contributed by atoms with van der Waals surface area (Å²) in [5, 5.41) is 5.33. The summed E-state index contributed by atoms with van der Waals surface area (Å²) >= 11 is 12.6. The molecule has 0 radical (unpaired) electrons. The number of nitrogens with zero attached hydrogens (tertiary/aromatic N) is 3. The van der Waals surface area contributed by atoms with Crippen LogP contribution in [0.25, 0.3) is 0 Å². The van der Waals surface area contributed by atoms with Crippen LogP contribution in [-0.2, 0) is 13.2 Å². The van der Waals surface area contributed by atoms with E-state index in [1.807, 2.05) is 42.5 Å². The number of carbonyl (C=O) groups is 1. The Morgan fingerprint density at radius 3 is 2.33 bits per heavy atom. The fraction of sp³-hybridized carbons (Fsp3) is 0.333. The van der Waals surface area contributed by atoms with Crippen LogP contribution in [0, 0.1) is 6.92 Å². The van der Waals surface area contributed by atoms with E-state index in [9.17, 15) is 4.79 Å². The summed E-state index contributed by atoms with van der Waals surface area (Å²) in [6, 6.07) is 12.9. The molecule has 0 atom stereocenters. The van der Waals surface area contributed by atoms with Gasteiger partial charge in [0, 0.05) is 48.3 Å². The van der Waals surface area contributed by atoms with Gasteiger partial charge in [-0.15, -0.1) is 0 Å². The van der Waals surface area contributed by atoms with E-state index < -0.39 is 0 Å². The van der Waals surface area contributed by atoms with Crippen molar-refractivity contribution in [3.05, 3.63) is 75.1 Å². The first kappa shape index (κ1) is 23.4. The third kappa shape index (κ3) is 5.27. The highest BCUT2D eigenvalue weighted by Gasteiger charge is 2.28. The minimum atomic E-state index is -0.166. The molecular weight excluding hydrogens is 465 g/mol. The summed E-state index contributed by atoms with van der Waals surface area (Å²) in [6.45, 7) is 5.12. The van der Waals surface area contributed by atoms with E-state index in [1.54, 1.807) is 18.9 Å². The zero-order valence-corrected chi connectivity index (χ0v) is 20.0. The van der Waals surface area contributed by atoms with Gasteiger partial charge in [-0.1, -0.05) is 46.6 Å². The van der Waals surface area contributed by atoms with Crippen LogP contribution in [0.1, 0.15) is 27.4 Å². The van der Waals surface area contributed by atoms with Crippen molar-refractivity contribution in [1.82, 2.24) is 15.0 Å². The molecule has 9 heteroatoms. The van der Waals surface area contributed by atoms with Gasteiger partial charge in [0.1, 0.15) is 12.4 Å². The van der Waals surface area contributed by atoms with Crippen LogP contribution in [-0.4, -0.2) is 54.2 Å². The van der Waals surface area contributed by atoms with E-state index in [0.29, 0.717) is 65.6 Å². The van der Waals surface area contributed by atoms with E-state index >= 15 is 0 Å². The Hall–Kier alpha value is -2.74. The summed E-state index contributed by atoms with van der Waals surface area (Å²) in [4.78, 5) is 17.2. The molecule has 4 rings (SSSR count). The largest absolute Gasteiger partial charge is 0.493 e. The van der Waals surface area contributed by atoms with E-state index in [0.717, 1.165) is 5.56 Å². The van der Waals surface area contributed by atoms with Crippen LogP contribution in [0.15, 0.2) is 47.0 Å². The lowest BCUT2D eigenvalue weighted by molar-refractivity contribution is 0.0616. The Morgan fingerprint density at radius 1 is 1.00 bits per heavy atom. The molecule has 1 fully saturated rings. The molecule has 3 aromatic rings. The molecule has 0 bridgehead atoms. The zero-order valence-electron chi connectivity index (χ0n) is 18.5. The van der Waals surface area contributed by atoms with Gasteiger partial charge in [0.25, 0.3) is 5.91 Å². The van der Waals surface area contributed by atoms with Gasteiger partial charge in [-0.2, -0.15) is 0 Å². The van der Waals surface area contributed by atoms with Crippen LogP contribution in [0.3, 0.4) is 0 Å². The quantitative estimate of drug-likeness (QED) is 0.473. The molecule has 2 aromatic carbocycles. The summed E-state index contributed by atoms with van der Waals surface area (Å²) in [5.74, 6) is 1.60. The van der Waals surface area contributed by atoms with Gasteiger partial charge in [0.05, 0.1) is 12.7 Å². The van der Waals surface area contributed by atoms with Crippen LogP contribution in [0.4, 0.5) is 0 Å². The van der Waals surface area contributed by atoms with Gasteiger partial charge >= 0.3 is 0 Å². The van der Waals surface area contributed by atoms with Crippen LogP contribution < -0.4 is 9.47 Å². The van der Waals surface area contributed by atoms with Gasteiger partial charge in [-0.25, -0.2) is 0 Å². The van der Waals surface area contributed by atoms with Crippen molar-refractivity contribution >= 4 is 29.1 Å². The second-order valence-electron chi connectivity index (χ2n) is 7.77. The lowest BCUT2D eigenvalue weighted by atomic mass is 10.1. The first-order valence-electron chi connectivity index (χ1n) is 10.6. The number of benzene rings is 2. The first-order valence-corrected chi connectivity index (χ1v) is 11.4. The summed E-state index contributed by atoms with van der Waals surface area (Å²) < 4.78 is 16.6. The zero-order chi connectivity index (χ0) is 23.4. The SMILES string of the molecule is COc1ccccc1OCc1c(C(=O)N2CCN(Cc3c(Cl)cccc3Cl)CC2)noc1C. The first-order chi connectivity index (χ1) is 16.0. The monoisotopic (exact) mass is 489 g/mol. The van der Waals surface area contributed by atoms with Crippen molar-refractivity contribution in [2.45, 2.75) is 20.1 Å². The average Bonchev–Trinajstić information content (AvgIpc) is 3.20. The summed E-state index contributed by atoms with van der Waals surface area (Å²) in [5.41, 5.74) is 1.82. The van der Waals surface area contributed by atoms with Crippen LogP contribution >= 0.6 is 23.2 Å². The predicted octanol–water partition coefficient (Wildman–Crippen LogP) is 4.84. The normalized spacial score (nSPS) is 14.4. The molecule has 0 spiro atoms. The van der Waals surface area contributed by atoms with Gasteiger partial charge in [0.2, 0.25) is 0 Å². The summed E-state index contributed by atoms with van der Waals surface area (Å²) in [6.07, 6.45) is 0. The maximum atomic E-state index is 13.2. The molecule has 1 aliphatic heterocycles. The number of rotatable bonds is 7. The molecule has 7 nitrogen and oxygen atoms in total. The second-order valence-corrected chi connectivity index (χ2v) is 8.59. The highest BCUT2D eigenvalue weighted by Crippen LogP contribution is 2.28. The molecule has 0 aliphatic carbocycles. The molecule has 2 heterocycles.